The quantitative estimate of drug-likeness (QED) is 0.913. The normalized spacial score (nSPS) is 9.76. The molecule has 0 amide bonds. The smallest absolute Gasteiger partial charge is 0.131 e. The van der Waals surface area contributed by atoms with Gasteiger partial charge in [0.15, 0.2) is 0 Å². The first-order valence-electron chi connectivity index (χ1n) is 5.07. The highest BCUT2D eigenvalue weighted by molar-refractivity contribution is 5.85. The van der Waals surface area contributed by atoms with Gasteiger partial charge < -0.3 is 5.73 Å². The lowest BCUT2D eigenvalue weighted by atomic mass is 10.1. The van der Waals surface area contributed by atoms with Gasteiger partial charge in [-0.05, 0) is 12.6 Å². The maximum Gasteiger partial charge on any atom is 0.131 e. The molecule has 0 aliphatic carbocycles. The third-order valence-electron chi connectivity index (χ3n) is 2.26. The summed E-state index contributed by atoms with van der Waals surface area (Å²) in [6.45, 7) is 0.513. The molecule has 0 unspecified atom stereocenters. The van der Waals surface area contributed by atoms with Crippen LogP contribution in [-0.2, 0) is 6.42 Å². The van der Waals surface area contributed by atoms with E-state index < -0.39 is 0 Å². The van der Waals surface area contributed by atoms with Gasteiger partial charge in [0, 0.05) is 29.9 Å². The van der Waals surface area contributed by atoms with Gasteiger partial charge in [0.1, 0.15) is 11.6 Å². The highest BCUT2D eigenvalue weighted by Crippen LogP contribution is 2.20. The predicted molar refractivity (Wildman–Crippen MR) is 67.4 cm³/mol. The molecular formula is C12H13ClFN3. The van der Waals surface area contributed by atoms with Crippen molar-refractivity contribution in [3.8, 4) is 11.1 Å². The molecular weight excluding hydrogens is 241 g/mol. The first-order valence-corrected chi connectivity index (χ1v) is 5.07. The van der Waals surface area contributed by atoms with Gasteiger partial charge in [-0.25, -0.2) is 14.4 Å². The fourth-order valence-electron chi connectivity index (χ4n) is 1.45. The molecule has 0 radical (unpaired) electrons. The minimum absolute atomic E-state index is 0. The molecule has 2 aromatic rings. The molecule has 0 spiro atoms. The Morgan fingerprint density at radius 1 is 1.12 bits per heavy atom. The zero-order valence-corrected chi connectivity index (χ0v) is 9.95. The second-order valence-electron chi connectivity index (χ2n) is 3.41. The van der Waals surface area contributed by atoms with Crippen molar-refractivity contribution in [1.29, 1.82) is 0 Å². The molecule has 90 valence electrons. The van der Waals surface area contributed by atoms with Crippen LogP contribution in [0.25, 0.3) is 11.1 Å². The number of halogens is 2. The molecule has 0 bridgehead atoms. The van der Waals surface area contributed by atoms with E-state index in [1.54, 1.807) is 30.6 Å². The SMILES string of the molecule is Cl.NCCc1ncc(-c2ccccc2F)cn1. The summed E-state index contributed by atoms with van der Waals surface area (Å²) in [6.07, 6.45) is 3.88. The number of nitrogens with two attached hydrogens (primary N) is 1. The number of nitrogens with zero attached hydrogens (tertiary/aromatic N) is 2. The molecule has 1 heterocycles. The maximum atomic E-state index is 13.4. The molecule has 0 saturated carbocycles. The van der Waals surface area contributed by atoms with E-state index in [-0.39, 0.29) is 18.2 Å². The van der Waals surface area contributed by atoms with Crippen LogP contribution < -0.4 is 5.73 Å². The van der Waals surface area contributed by atoms with Gasteiger partial charge in [-0.1, -0.05) is 18.2 Å². The lowest BCUT2D eigenvalue weighted by Gasteiger charge is -2.03. The fraction of sp³-hybridized carbons (Fsp3) is 0.167. The van der Waals surface area contributed by atoms with E-state index in [1.807, 2.05) is 0 Å². The van der Waals surface area contributed by atoms with Crippen molar-refractivity contribution >= 4 is 12.4 Å². The van der Waals surface area contributed by atoms with Crippen LogP contribution in [0.2, 0.25) is 0 Å². The van der Waals surface area contributed by atoms with Gasteiger partial charge in [0.05, 0.1) is 0 Å². The average molecular weight is 254 g/mol. The first kappa shape index (κ1) is 13.5. The summed E-state index contributed by atoms with van der Waals surface area (Å²) in [5.41, 5.74) is 6.59. The lowest BCUT2D eigenvalue weighted by Crippen LogP contribution is -2.06. The second-order valence-corrected chi connectivity index (χ2v) is 3.41. The number of rotatable bonds is 3. The Morgan fingerprint density at radius 2 is 1.76 bits per heavy atom. The third-order valence-corrected chi connectivity index (χ3v) is 2.26. The van der Waals surface area contributed by atoms with Crippen molar-refractivity contribution in [3.05, 3.63) is 48.3 Å². The molecule has 2 rings (SSSR count). The lowest BCUT2D eigenvalue weighted by molar-refractivity contribution is 0.631. The molecule has 0 saturated heterocycles. The number of aromatic nitrogens is 2. The maximum absolute atomic E-state index is 13.4. The summed E-state index contributed by atoms with van der Waals surface area (Å²) >= 11 is 0. The van der Waals surface area contributed by atoms with Crippen LogP contribution in [-0.4, -0.2) is 16.5 Å². The van der Waals surface area contributed by atoms with E-state index in [0.29, 0.717) is 29.9 Å². The third kappa shape index (κ3) is 3.22. The Hall–Kier alpha value is -1.52. The molecule has 5 heteroatoms. The summed E-state index contributed by atoms with van der Waals surface area (Å²) in [5, 5.41) is 0. The van der Waals surface area contributed by atoms with Crippen molar-refractivity contribution in [1.82, 2.24) is 9.97 Å². The summed E-state index contributed by atoms with van der Waals surface area (Å²) in [5.74, 6) is 0.417. The zero-order valence-electron chi connectivity index (χ0n) is 9.14. The number of hydrogen-bond acceptors (Lipinski definition) is 3. The van der Waals surface area contributed by atoms with Gasteiger partial charge in [-0.3, -0.25) is 0 Å². The Bertz CT molecular complexity index is 473. The Kier molecular flexibility index (Phi) is 5.00. The van der Waals surface area contributed by atoms with Crippen molar-refractivity contribution in [3.63, 3.8) is 0 Å². The summed E-state index contributed by atoms with van der Waals surface area (Å²) < 4.78 is 13.4. The minimum atomic E-state index is -0.266. The van der Waals surface area contributed by atoms with Crippen LogP contribution in [0.5, 0.6) is 0 Å². The van der Waals surface area contributed by atoms with E-state index in [2.05, 4.69) is 9.97 Å². The van der Waals surface area contributed by atoms with Crippen LogP contribution in [0.4, 0.5) is 4.39 Å². The Balaban J connectivity index is 0.00000144. The molecule has 0 aliphatic rings. The van der Waals surface area contributed by atoms with Crippen LogP contribution in [0.3, 0.4) is 0 Å². The van der Waals surface area contributed by atoms with Crippen LogP contribution >= 0.6 is 12.4 Å². The molecule has 1 aromatic heterocycles. The van der Waals surface area contributed by atoms with Crippen molar-refractivity contribution in [2.24, 2.45) is 5.73 Å². The molecule has 3 nitrogen and oxygen atoms in total. The summed E-state index contributed by atoms with van der Waals surface area (Å²) in [7, 11) is 0. The highest BCUT2D eigenvalue weighted by atomic mass is 35.5. The van der Waals surface area contributed by atoms with Gasteiger partial charge in [-0.15, -0.1) is 12.4 Å². The number of hydrogen-bond donors (Lipinski definition) is 1. The first-order chi connectivity index (χ1) is 7.81. The minimum Gasteiger partial charge on any atom is -0.330 e. The standard InChI is InChI=1S/C12H12FN3.ClH/c13-11-4-2-1-3-10(11)9-7-15-12(5-6-14)16-8-9;/h1-4,7-8H,5-6,14H2;1H. The summed E-state index contributed by atoms with van der Waals surface area (Å²) in [4.78, 5) is 8.26. The van der Waals surface area contributed by atoms with Gasteiger partial charge in [0.2, 0.25) is 0 Å². The van der Waals surface area contributed by atoms with E-state index in [4.69, 9.17) is 5.73 Å². The summed E-state index contributed by atoms with van der Waals surface area (Å²) in [6, 6.07) is 6.56. The average Bonchev–Trinajstić information content (AvgIpc) is 2.31. The van der Waals surface area contributed by atoms with E-state index >= 15 is 0 Å². The van der Waals surface area contributed by atoms with Crippen molar-refractivity contribution < 1.29 is 4.39 Å². The van der Waals surface area contributed by atoms with Crippen LogP contribution in [0.1, 0.15) is 5.82 Å². The molecule has 17 heavy (non-hydrogen) atoms. The van der Waals surface area contributed by atoms with Gasteiger partial charge >= 0.3 is 0 Å². The van der Waals surface area contributed by atoms with Crippen molar-refractivity contribution in [2.45, 2.75) is 6.42 Å². The van der Waals surface area contributed by atoms with Crippen molar-refractivity contribution in [2.75, 3.05) is 6.54 Å². The molecule has 1 aromatic carbocycles. The van der Waals surface area contributed by atoms with Crippen LogP contribution in [0.15, 0.2) is 36.7 Å². The molecule has 2 N–H and O–H groups in total. The molecule has 0 atom stereocenters. The van der Waals surface area contributed by atoms with E-state index in [0.717, 1.165) is 0 Å². The monoisotopic (exact) mass is 253 g/mol. The topological polar surface area (TPSA) is 51.8 Å². The zero-order chi connectivity index (χ0) is 11.4. The Morgan fingerprint density at radius 3 is 2.35 bits per heavy atom. The van der Waals surface area contributed by atoms with E-state index in [9.17, 15) is 4.39 Å². The van der Waals surface area contributed by atoms with Gasteiger partial charge in [-0.2, -0.15) is 0 Å². The second kappa shape index (κ2) is 6.27. The van der Waals surface area contributed by atoms with Crippen LogP contribution in [0, 0.1) is 5.82 Å². The fourth-order valence-corrected chi connectivity index (χ4v) is 1.45. The molecule has 0 aliphatic heterocycles. The van der Waals surface area contributed by atoms with Gasteiger partial charge in [0.25, 0.3) is 0 Å². The van der Waals surface area contributed by atoms with E-state index in [1.165, 1.54) is 6.07 Å². The number of benzene rings is 1. The largest absolute Gasteiger partial charge is 0.330 e. The highest BCUT2D eigenvalue weighted by Gasteiger charge is 2.04. The molecule has 0 fully saturated rings. The Labute approximate surface area is 105 Å². The predicted octanol–water partition coefficient (Wildman–Crippen LogP) is 2.21.